The molecule has 0 aliphatic carbocycles. The lowest BCUT2D eigenvalue weighted by atomic mass is 10.1. The van der Waals surface area contributed by atoms with E-state index in [0.717, 1.165) is 11.1 Å². The molecule has 80 valence electrons. The van der Waals surface area contributed by atoms with Gasteiger partial charge in [0.15, 0.2) is 0 Å². The smallest absolute Gasteiger partial charge is 0.269 e. The molecule has 0 spiro atoms. The molecule has 0 atom stereocenters. The van der Waals surface area contributed by atoms with Crippen LogP contribution in [0.5, 0.6) is 0 Å². The van der Waals surface area contributed by atoms with Crippen LogP contribution in [0.2, 0.25) is 0 Å². The van der Waals surface area contributed by atoms with Crippen molar-refractivity contribution in [2.75, 3.05) is 14.2 Å². The number of hydroxylamine groups is 2. The molecule has 0 saturated heterocycles. The molecule has 3 heteroatoms. The van der Waals surface area contributed by atoms with Crippen LogP contribution in [0.15, 0.2) is 30.3 Å². The molecule has 1 amide bonds. The summed E-state index contributed by atoms with van der Waals surface area (Å²) in [6.07, 6.45) is 3.28. The minimum Gasteiger partial charge on any atom is -0.274 e. The fourth-order valence-electron chi connectivity index (χ4n) is 1.13. The Morgan fingerprint density at radius 1 is 1.40 bits per heavy atom. The fraction of sp³-hybridized carbons (Fsp3) is 0.250. The highest BCUT2D eigenvalue weighted by molar-refractivity contribution is 5.91. The second kappa shape index (κ2) is 5.32. The van der Waals surface area contributed by atoms with Crippen molar-refractivity contribution >= 4 is 12.0 Å². The van der Waals surface area contributed by atoms with Crippen LogP contribution in [0.1, 0.15) is 11.1 Å². The number of carbonyl (C=O) groups excluding carboxylic acids is 1. The Balaban J connectivity index is 2.74. The maximum atomic E-state index is 11.4. The average molecular weight is 205 g/mol. The summed E-state index contributed by atoms with van der Waals surface area (Å²) in [4.78, 5) is 16.1. The molecular weight excluding hydrogens is 190 g/mol. The number of carbonyl (C=O) groups is 1. The van der Waals surface area contributed by atoms with E-state index in [0.29, 0.717) is 0 Å². The topological polar surface area (TPSA) is 29.5 Å². The lowest BCUT2D eigenvalue weighted by Gasteiger charge is -2.10. The third-order valence-electron chi connectivity index (χ3n) is 2.18. The van der Waals surface area contributed by atoms with Crippen LogP contribution >= 0.6 is 0 Å². The van der Waals surface area contributed by atoms with Gasteiger partial charge in [0.25, 0.3) is 5.91 Å². The van der Waals surface area contributed by atoms with Gasteiger partial charge in [-0.25, -0.2) is 5.06 Å². The highest BCUT2D eigenvalue weighted by atomic mass is 16.7. The Kier molecular flexibility index (Phi) is 4.06. The Morgan fingerprint density at radius 3 is 2.67 bits per heavy atom. The molecule has 1 rings (SSSR count). The summed E-state index contributed by atoms with van der Waals surface area (Å²) in [5.74, 6) is -0.180. The van der Waals surface area contributed by atoms with Crippen molar-refractivity contribution in [3.63, 3.8) is 0 Å². The van der Waals surface area contributed by atoms with E-state index >= 15 is 0 Å². The molecule has 0 aliphatic rings. The molecule has 0 radical (unpaired) electrons. The summed E-state index contributed by atoms with van der Waals surface area (Å²) in [7, 11) is 3.03. The van der Waals surface area contributed by atoms with Gasteiger partial charge >= 0.3 is 0 Å². The molecule has 0 N–H and O–H groups in total. The van der Waals surface area contributed by atoms with Crippen LogP contribution < -0.4 is 0 Å². The molecule has 0 heterocycles. The molecule has 1 aromatic rings. The van der Waals surface area contributed by atoms with Gasteiger partial charge in [-0.2, -0.15) is 0 Å². The van der Waals surface area contributed by atoms with Crippen molar-refractivity contribution < 1.29 is 9.63 Å². The third kappa shape index (κ3) is 3.22. The van der Waals surface area contributed by atoms with Crippen LogP contribution in [0.4, 0.5) is 0 Å². The van der Waals surface area contributed by atoms with Crippen LogP contribution in [0, 0.1) is 6.92 Å². The zero-order chi connectivity index (χ0) is 11.3. The number of amides is 1. The number of hydrogen-bond acceptors (Lipinski definition) is 2. The van der Waals surface area contributed by atoms with Gasteiger partial charge in [0.05, 0.1) is 7.11 Å². The van der Waals surface area contributed by atoms with Crippen molar-refractivity contribution in [2.45, 2.75) is 6.92 Å². The second-order valence-electron chi connectivity index (χ2n) is 3.21. The van der Waals surface area contributed by atoms with E-state index in [1.165, 1.54) is 18.2 Å². The zero-order valence-electron chi connectivity index (χ0n) is 9.23. The Hall–Kier alpha value is -1.61. The molecule has 15 heavy (non-hydrogen) atoms. The van der Waals surface area contributed by atoms with E-state index in [1.807, 2.05) is 31.2 Å². The van der Waals surface area contributed by atoms with E-state index in [1.54, 1.807) is 13.1 Å². The van der Waals surface area contributed by atoms with Crippen molar-refractivity contribution in [1.29, 1.82) is 0 Å². The van der Waals surface area contributed by atoms with Crippen LogP contribution in [-0.2, 0) is 9.63 Å². The van der Waals surface area contributed by atoms with E-state index in [4.69, 9.17) is 4.84 Å². The predicted octanol–water partition coefficient (Wildman–Crippen LogP) is 2.03. The molecule has 1 aromatic carbocycles. The minimum atomic E-state index is -0.180. The maximum absolute atomic E-state index is 11.4. The predicted molar refractivity (Wildman–Crippen MR) is 60.0 cm³/mol. The highest BCUT2D eigenvalue weighted by Crippen LogP contribution is 2.08. The standard InChI is InChI=1S/C12H15NO2/c1-10-6-4-5-7-11(10)8-9-12(14)13(2)15-3/h4-9H,1-3H3/b9-8+. The van der Waals surface area contributed by atoms with Gasteiger partial charge in [0, 0.05) is 13.1 Å². The Labute approximate surface area is 89.9 Å². The Bertz CT molecular complexity index is 372. The number of benzene rings is 1. The molecular formula is C12H15NO2. The number of nitrogens with zero attached hydrogens (tertiary/aromatic N) is 1. The minimum absolute atomic E-state index is 0.180. The van der Waals surface area contributed by atoms with Crippen molar-refractivity contribution in [3.05, 3.63) is 41.5 Å². The summed E-state index contributed by atoms with van der Waals surface area (Å²) in [6, 6.07) is 7.88. The monoisotopic (exact) mass is 205 g/mol. The first kappa shape index (κ1) is 11.5. The first-order valence-corrected chi connectivity index (χ1v) is 4.70. The van der Waals surface area contributed by atoms with Gasteiger partial charge in [0.1, 0.15) is 0 Å². The van der Waals surface area contributed by atoms with Gasteiger partial charge in [-0.3, -0.25) is 9.63 Å². The molecule has 0 aliphatic heterocycles. The summed E-state index contributed by atoms with van der Waals surface area (Å²) in [5.41, 5.74) is 2.18. The maximum Gasteiger partial charge on any atom is 0.269 e. The van der Waals surface area contributed by atoms with E-state index < -0.39 is 0 Å². The summed E-state index contributed by atoms with van der Waals surface area (Å²) in [6.45, 7) is 2.00. The van der Waals surface area contributed by atoms with Crippen molar-refractivity contribution in [3.8, 4) is 0 Å². The lowest BCUT2D eigenvalue weighted by molar-refractivity contribution is -0.162. The van der Waals surface area contributed by atoms with E-state index in [-0.39, 0.29) is 5.91 Å². The Morgan fingerprint density at radius 2 is 2.07 bits per heavy atom. The zero-order valence-corrected chi connectivity index (χ0v) is 9.23. The molecule has 0 aromatic heterocycles. The molecule has 0 unspecified atom stereocenters. The van der Waals surface area contributed by atoms with E-state index in [2.05, 4.69) is 0 Å². The van der Waals surface area contributed by atoms with Crippen LogP contribution in [-0.4, -0.2) is 25.1 Å². The average Bonchev–Trinajstić information content (AvgIpc) is 2.26. The summed E-state index contributed by atoms with van der Waals surface area (Å²) < 4.78 is 0. The number of aryl methyl sites for hydroxylation is 1. The lowest BCUT2D eigenvalue weighted by Crippen LogP contribution is -2.22. The van der Waals surface area contributed by atoms with Gasteiger partial charge in [-0.15, -0.1) is 0 Å². The normalized spacial score (nSPS) is 10.6. The van der Waals surface area contributed by atoms with Gasteiger partial charge < -0.3 is 0 Å². The fourth-order valence-corrected chi connectivity index (χ4v) is 1.13. The van der Waals surface area contributed by atoms with Crippen molar-refractivity contribution in [2.24, 2.45) is 0 Å². The van der Waals surface area contributed by atoms with Gasteiger partial charge in [-0.1, -0.05) is 24.3 Å². The highest BCUT2D eigenvalue weighted by Gasteiger charge is 2.02. The summed E-state index contributed by atoms with van der Waals surface area (Å²) in [5, 5.41) is 1.18. The first-order chi connectivity index (χ1) is 7.15. The third-order valence-corrected chi connectivity index (χ3v) is 2.18. The largest absolute Gasteiger partial charge is 0.274 e. The molecule has 3 nitrogen and oxygen atoms in total. The number of hydrogen-bond donors (Lipinski definition) is 0. The molecule has 0 fully saturated rings. The van der Waals surface area contributed by atoms with Gasteiger partial charge in [0.2, 0.25) is 0 Å². The number of likely N-dealkylation sites (N-methyl/N-ethyl adjacent to an activating group) is 1. The first-order valence-electron chi connectivity index (χ1n) is 4.70. The van der Waals surface area contributed by atoms with Gasteiger partial charge in [-0.05, 0) is 24.1 Å². The summed E-state index contributed by atoms with van der Waals surface area (Å²) >= 11 is 0. The molecule has 0 saturated carbocycles. The number of rotatable bonds is 3. The molecule has 0 bridgehead atoms. The van der Waals surface area contributed by atoms with Crippen molar-refractivity contribution in [1.82, 2.24) is 5.06 Å². The quantitative estimate of drug-likeness (QED) is 0.558. The van der Waals surface area contributed by atoms with Crippen LogP contribution in [0.25, 0.3) is 6.08 Å². The van der Waals surface area contributed by atoms with E-state index in [9.17, 15) is 4.79 Å². The van der Waals surface area contributed by atoms with Crippen LogP contribution in [0.3, 0.4) is 0 Å². The SMILES string of the molecule is CON(C)C(=O)/C=C/c1ccccc1C. The second-order valence-corrected chi connectivity index (χ2v) is 3.21.